The van der Waals surface area contributed by atoms with Crippen LogP contribution in [-0.4, -0.2) is 35.9 Å². The first-order valence-corrected chi connectivity index (χ1v) is 12.4. The Morgan fingerprint density at radius 1 is 1.00 bits per heavy atom. The number of carboxylic acids is 1. The van der Waals surface area contributed by atoms with E-state index in [2.05, 4.69) is 6.07 Å². The summed E-state index contributed by atoms with van der Waals surface area (Å²) in [6, 6.07) is 25.2. The average Bonchev–Trinajstić information content (AvgIpc) is 3.40. The number of aryl methyl sites for hydroxylation is 1. The molecule has 1 aromatic heterocycles. The third-order valence-electron chi connectivity index (χ3n) is 6.25. The van der Waals surface area contributed by atoms with E-state index in [-0.39, 0.29) is 6.61 Å². The quantitative estimate of drug-likeness (QED) is 0.280. The number of nitrogens with zero attached hydrogens (tertiary/aromatic N) is 1. The first-order valence-electron chi connectivity index (χ1n) is 12.1. The molecule has 2 heterocycles. The molecule has 3 aromatic carbocycles. The highest BCUT2D eigenvalue weighted by atomic mass is 35.5. The van der Waals surface area contributed by atoms with Gasteiger partial charge >= 0.3 is 5.97 Å². The third kappa shape index (κ3) is 6.00. The summed E-state index contributed by atoms with van der Waals surface area (Å²) >= 11 is 6.13. The number of hydrogen-bond donors (Lipinski definition) is 1. The molecule has 4 aromatic rings. The normalized spacial score (nSPS) is 14.8. The Balaban J connectivity index is 1.35. The van der Waals surface area contributed by atoms with Gasteiger partial charge in [-0.05, 0) is 54.0 Å². The molecule has 0 saturated carbocycles. The van der Waals surface area contributed by atoms with Crippen molar-refractivity contribution >= 4 is 40.6 Å². The van der Waals surface area contributed by atoms with Crippen molar-refractivity contribution in [2.75, 3.05) is 19.8 Å². The maximum Gasteiger partial charge on any atom is 0.341 e. The second-order valence-electron chi connectivity index (χ2n) is 8.77. The summed E-state index contributed by atoms with van der Waals surface area (Å²) in [5.74, 6) is -1.35. The Morgan fingerprint density at radius 3 is 2.65 bits per heavy atom. The Morgan fingerprint density at radius 2 is 1.81 bits per heavy atom. The molecule has 0 unspecified atom stereocenters. The summed E-state index contributed by atoms with van der Waals surface area (Å²) in [6.07, 6.45) is 5.14. The lowest BCUT2D eigenvalue weighted by Crippen LogP contribution is -2.28. The molecule has 1 fully saturated rings. The van der Waals surface area contributed by atoms with Gasteiger partial charge in [-0.25, -0.2) is 9.78 Å². The van der Waals surface area contributed by atoms with Gasteiger partial charge in [-0.15, -0.1) is 0 Å². The molecule has 5 rings (SSSR count). The Labute approximate surface area is 220 Å². The third-order valence-corrected chi connectivity index (χ3v) is 6.48. The minimum Gasteiger partial charge on any atom is -0.482 e. The second-order valence-corrected chi connectivity index (χ2v) is 9.21. The van der Waals surface area contributed by atoms with Crippen molar-refractivity contribution in [2.24, 2.45) is 0 Å². The number of benzene rings is 3. The van der Waals surface area contributed by atoms with Crippen molar-refractivity contribution in [1.82, 2.24) is 4.98 Å². The van der Waals surface area contributed by atoms with Crippen LogP contribution in [0.15, 0.2) is 78.9 Å². The first kappa shape index (κ1) is 25.0. The molecule has 0 radical (unpaired) electrons. The standard InChI is InChI=1S/C30H26ClNO5/c31-25-11-9-22-10-13-26(32-27(22)19-25)12-8-21-4-3-6-24(18-21)30(36-16-17-37-30)15-14-23-5-1-2-7-28(23)35-20-29(33)34/h1-13,18-19H,14-17,20H2,(H,33,34)/b12-8+. The zero-order valence-electron chi connectivity index (χ0n) is 20.1. The molecule has 188 valence electrons. The van der Waals surface area contributed by atoms with E-state index in [4.69, 9.17) is 35.9 Å². The smallest absolute Gasteiger partial charge is 0.341 e. The number of rotatable bonds is 9. The molecule has 1 aliphatic rings. The number of fused-ring (bicyclic) bond motifs is 1. The highest BCUT2D eigenvalue weighted by Crippen LogP contribution is 2.37. The van der Waals surface area contributed by atoms with Gasteiger partial charge in [0, 0.05) is 22.4 Å². The fourth-order valence-electron chi connectivity index (χ4n) is 4.46. The van der Waals surface area contributed by atoms with Crippen LogP contribution in [0.1, 0.15) is 28.8 Å². The predicted molar refractivity (Wildman–Crippen MR) is 144 cm³/mol. The van der Waals surface area contributed by atoms with E-state index in [0.29, 0.717) is 36.8 Å². The van der Waals surface area contributed by atoms with Gasteiger partial charge in [-0.3, -0.25) is 0 Å². The van der Waals surface area contributed by atoms with Crippen LogP contribution < -0.4 is 4.74 Å². The Hall–Kier alpha value is -3.71. The average molecular weight is 516 g/mol. The lowest BCUT2D eigenvalue weighted by atomic mass is 9.95. The van der Waals surface area contributed by atoms with Crippen LogP contribution in [0.3, 0.4) is 0 Å². The lowest BCUT2D eigenvalue weighted by molar-refractivity contribution is -0.170. The second kappa shape index (κ2) is 11.1. The molecular formula is C30H26ClNO5. The van der Waals surface area contributed by atoms with Gasteiger partial charge in [0.25, 0.3) is 0 Å². The largest absolute Gasteiger partial charge is 0.482 e. The molecule has 37 heavy (non-hydrogen) atoms. The van der Waals surface area contributed by atoms with Crippen LogP contribution in [0.25, 0.3) is 23.1 Å². The van der Waals surface area contributed by atoms with E-state index in [1.54, 1.807) is 6.07 Å². The van der Waals surface area contributed by atoms with Crippen molar-refractivity contribution in [3.8, 4) is 5.75 Å². The van der Waals surface area contributed by atoms with Crippen LogP contribution >= 0.6 is 11.6 Å². The number of pyridine rings is 1. The highest BCUT2D eigenvalue weighted by molar-refractivity contribution is 6.31. The lowest BCUT2D eigenvalue weighted by Gasteiger charge is -2.28. The van der Waals surface area contributed by atoms with Crippen molar-refractivity contribution in [1.29, 1.82) is 0 Å². The summed E-state index contributed by atoms with van der Waals surface area (Å²) in [6.45, 7) is 0.615. The van der Waals surface area contributed by atoms with Gasteiger partial charge in [-0.1, -0.05) is 66.2 Å². The number of ether oxygens (including phenoxy) is 3. The Kier molecular flexibility index (Phi) is 7.51. The SMILES string of the molecule is O=C(O)COc1ccccc1CCC1(c2cccc(/C=C/c3ccc4ccc(Cl)cc4n3)c2)OCCO1. The summed E-state index contributed by atoms with van der Waals surface area (Å²) in [7, 11) is 0. The first-order chi connectivity index (χ1) is 18.0. The molecule has 7 heteroatoms. The highest BCUT2D eigenvalue weighted by Gasteiger charge is 2.38. The number of carbonyl (C=O) groups is 1. The van der Waals surface area contributed by atoms with Crippen molar-refractivity contribution < 1.29 is 24.1 Å². The number of hydrogen-bond acceptors (Lipinski definition) is 5. The van der Waals surface area contributed by atoms with E-state index in [9.17, 15) is 4.79 Å². The van der Waals surface area contributed by atoms with E-state index < -0.39 is 11.8 Å². The van der Waals surface area contributed by atoms with Crippen molar-refractivity contribution in [3.05, 3.63) is 106 Å². The number of aliphatic carboxylic acids is 1. The van der Waals surface area contributed by atoms with Gasteiger partial charge in [0.15, 0.2) is 12.4 Å². The minimum atomic E-state index is -1.01. The van der Waals surface area contributed by atoms with Crippen molar-refractivity contribution in [3.63, 3.8) is 0 Å². The van der Waals surface area contributed by atoms with E-state index in [1.807, 2.05) is 78.9 Å². The zero-order chi connectivity index (χ0) is 25.7. The Bertz CT molecular complexity index is 1450. The topological polar surface area (TPSA) is 77.9 Å². The van der Waals surface area contributed by atoms with Gasteiger partial charge in [-0.2, -0.15) is 0 Å². The number of para-hydroxylation sites is 1. The monoisotopic (exact) mass is 515 g/mol. The van der Waals surface area contributed by atoms with E-state index >= 15 is 0 Å². The molecule has 1 aliphatic heterocycles. The molecule has 0 spiro atoms. The van der Waals surface area contributed by atoms with E-state index in [1.165, 1.54) is 0 Å². The number of aromatic nitrogens is 1. The fraction of sp³-hybridized carbons (Fsp3) is 0.200. The summed E-state index contributed by atoms with van der Waals surface area (Å²) in [5.41, 5.74) is 4.51. The molecule has 1 N–H and O–H groups in total. The predicted octanol–water partition coefficient (Wildman–Crippen LogP) is 6.35. The van der Waals surface area contributed by atoms with Crippen LogP contribution in [0.2, 0.25) is 5.02 Å². The van der Waals surface area contributed by atoms with Gasteiger partial charge in [0.1, 0.15) is 5.75 Å². The van der Waals surface area contributed by atoms with E-state index in [0.717, 1.165) is 33.3 Å². The number of carboxylic acid groups (broad SMARTS) is 1. The summed E-state index contributed by atoms with van der Waals surface area (Å²) < 4.78 is 17.8. The molecule has 6 nitrogen and oxygen atoms in total. The molecule has 0 bridgehead atoms. The molecule has 0 amide bonds. The molecular weight excluding hydrogens is 490 g/mol. The van der Waals surface area contributed by atoms with Gasteiger partial charge < -0.3 is 19.3 Å². The van der Waals surface area contributed by atoms with Crippen LogP contribution in [-0.2, 0) is 26.5 Å². The van der Waals surface area contributed by atoms with Gasteiger partial charge in [0.2, 0.25) is 0 Å². The zero-order valence-corrected chi connectivity index (χ0v) is 20.9. The van der Waals surface area contributed by atoms with Crippen LogP contribution in [0.5, 0.6) is 5.75 Å². The number of halogens is 1. The minimum absolute atomic E-state index is 0.386. The summed E-state index contributed by atoms with van der Waals surface area (Å²) in [5, 5.41) is 10.7. The summed E-state index contributed by atoms with van der Waals surface area (Å²) in [4.78, 5) is 15.6. The van der Waals surface area contributed by atoms with Gasteiger partial charge in [0.05, 0.1) is 24.4 Å². The molecule has 0 atom stereocenters. The van der Waals surface area contributed by atoms with Crippen molar-refractivity contribution in [2.45, 2.75) is 18.6 Å². The van der Waals surface area contributed by atoms with Crippen LogP contribution in [0.4, 0.5) is 0 Å². The molecule has 0 aliphatic carbocycles. The maximum atomic E-state index is 11.0. The van der Waals surface area contributed by atoms with Crippen LogP contribution in [0, 0.1) is 0 Å². The fourth-order valence-corrected chi connectivity index (χ4v) is 4.63. The maximum absolute atomic E-state index is 11.0. The molecule has 1 saturated heterocycles.